The van der Waals surface area contributed by atoms with Gasteiger partial charge in [-0.3, -0.25) is 0 Å². The highest BCUT2D eigenvalue weighted by Gasteiger charge is 2.12. The summed E-state index contributed by atoms with van der Waals surface area (Å²) in [6.07, 6.45) is 0. The van der Waals surface area contributed by atoms with Crippen LogP contribution in [0.3, 0.4) is 0 Å². The maximum absolute atomic E-state index is 2.40. The molecule has 3 heteroatoms. The predicted octanol–water partition coefficient (Wildman–Crippen LogP) is 0.818. The first-order valence-corrected chi connectivity index (χ1v) is 5.36. The molecule has 0 heterocycles. The Kier molecular flexibility index (Phi) is 6.33. The molecule has 86 valence electrons. The van der Waals surface area contributed by atoms with Crippen LogP contribution in [0.25, 0.3) is 0 Å². The molecule has 0 amide bonds. The van der Waals surface area contributed by atoms with Crippen molar-refractivity contribution in [3.63, 3.8) is 0 Å². The highest BCUT2D eigenvalue weighted by Crippen LogP contribution is 1.99. The highest BCUT2D eigenvalue weighted by molar-refractivity contribution is 4.69. The zero-order valence-corrected chi connectivity index (χ0v) is 10.9. The molecule has 0 aromatic heterocycles. The summed E-state index contributed by atoms with van der Waals surface area (Å²) in [7, 11) is 10.7. The van der Waals surface area contributed by atoms with Crippen LogP contribution in [0.2, 0.25) is 0 Å². The minimum Gasteiger partial charge on any atom is -0.305 e. The Morgan fingerprint density at radius 1 is 0.714 bits per heavy atom. The summed E-state index contributed by atoms with van der Waals surface area (Å²) in [5, 5.41) is 0. The Balaban J connectivity index is 3.80. The van der Waals surface area contributed by atoms with Crippen molar-refractivity contribution in [2.75, 3.05) is 48.3 Å². The largest absolute Gasteiger partial charge is 0.305 e. The van der Waals surface area contributed by atoms with Gasteiger partial charge in [-0.25, -0.2) is 0 Å². The van der Waals surface area contributed by atoms with E-state index in [4.69, 9.17) is 0 Å². The quantitative estimate of drug-likeness (QED) is 0.630. The second-order valence-corrected chi connectivity index (χ2v) is 4.85. The average molecular weight is 201 g/mol. The van der Waals surface area contributed by atoms with E-state index in [1.165, 1.54) is 0 Å². The Labute approximate surface area is 89.7 Å². The smallest absolute Gasteiger partial charge is 0.0188 e. The van der Waals surface area contributed by atoms with Gasteiger partial charge in [-0.1, -0.05) is 0 Å². The first-order valence-electron chi connectivity index (χ1n) is 5.36. The fourth-order valence-corrected chi connectivity index (χ4v) is 1.30. The van der Waals surface area contributed by atoms with Crippen LogP contribution in [0.1, 0.15) is 13.8 Å². The first-order chi connectivity index (χ1) is 6.34. The summed E-state index contributed by atoms with van der Waals surface area (Å²) in [6.45, 7) is 6.78. The SMILES string of the molecule is CC(CN(C)CC(C)N(C)C)N(C)C. The van der Waals surface area contributed by atoms with E-state index in [1.54, 1.807) is 0 Å². The number of hydrogen-bond donors (Lipinski definition) is 0. The minimum atomic E-state index is 0.620. The molecule has 0 saturated carbocycles. The van der Waals surface area contributed by atoms with Gasteiger partial charge in [-0.05, 0) is 49.1 Å². The normalized spacial score (nSPS) is 16.7. The Bertz CT molecular complexity index is 129. The lowest BCUT2D eigenvalue weighted by Crippen LogP contribution is -2.42. The van der Waals surface area contributed by atoms with Crippen molar-refractivity contribution >= 4 is 0 Å². The fourth-order valence-electron chi connectivity index (χ4n) is 1.30. The molecule has 2 atom stereocenters. The maximum Gasteiger partial charge on any atom is 0.0188 e. The first kappa shape index (κ1) is 13.9. The van der Waals surface area contributed by atoms with Crippen molar-refractivity contribution < 1.29 is 0 Å². The Hall–Kier alpha value is -0.120. The number of rotatable bonds is 6. The van der Waals surface area contributed by atoms with Gasteiger partial charge < -0.3 is 14.7 Å². The monoisotopic (exact) mass is 201 g/mol. The lowest BCUT2D eigenvalue weighted by molar-refractivity contribution is 0.178. The summed E-state index contributed by atoms with van der Waals surface area (Å²) >= 11 is 0. The third-order valence-corrected chi connectivity index (χ3v) is 2.91. The predicted molar refractivity (Wildman–Crippen MR) is 63.8 cm³/mol. The van der Waals surface area contributed by atoms with Gasteiger partial charge in [0.1, 0.15) is 0 Å². The highest BCUT2D eigenvalue weighted by atomic mass is 15.2. The van der Waals surface area contributed by atoms with Crippen molar-refractivity contribution in [3.05, 3.63) is 0 Å². The van der Waals surface area contributed by atoms with E-state index in [2.05, 4.69) is 63.8 Å². The molecule has 0 spiro atoms. The topological polar surface area (TPSA) is 9.72 Å². The molecule has 0 bridgehead atoms. The minimum absolute atomic E-state index is 0.620. The standard InChI is InChI=1S/C11H27N3/c1-10(12(3)4)8-14(7)9-11(2)13(5)6/h10-11H,8-9H2,1-7H3. The Morgan fingerprint density at radius 3 is 1.21 bits per heavy atom. The van der Waals surface area contributed by atoms with Crippen LogP contribution in [0.4, 0.5) is 0 Å². The van der Waals surface area contributed by atoms with Crippen molar-refractivity contribution in [2.45, 2.75) is 25.9 Å². The molecule has 0 aliphatic heterocycles. The van der Waals surface area contributed by atoms with Gasteiger partial charge in [-0.2, -0.15) is 0 Å². The van der Waals surface area contributed by atoms with Crippen molar-refractivity contribution in [1.82, 2.24) is 14.7 Å². The maximum atomic E-state index is 2.40. The molecular formula is C11H27N3. The van der Waals surface area contributed by atoms with Gasteiger partial charge in [0.05, 0.1) is 0 Å². The van der Waals surface area contributed by atoms with Crippen LogP contribution in [0.5, 0.6) is 0 Å². The molecule has 0 aromatic rings. The zero-order chi connectivity index (χ0) is 11.3. The van der Waals surface area contributed by atoms with Crippen molar-refractivity contribution in [3.8, 4) is 0 Å². The van der Waals surface area contributed by atoms with Gasteiger partial charge in [0.25, 0.3) is 0 Å². The van der Waals surface area contributed by atoms with E-state index in [9.17, 15) is 0 Å². The molecule has 2 unspecified atom stereocenters. The van der Waals surface area contributed by atoms with Crippen molar-refractivity contribution in [1.29, 1.82) is 0 Å². The van der Waals surface area contributed by atoms with Crippen LogP contribution in [-0.4, -0.2) is 75.1 Å². The van der Waals surface area contributed by atoms with Gasteiger partial charge >= 0.3 is 0 Å². The lowest BCUT2D eigenvalue weighted by Gasteiger charge is -2.30. The number of likely N-dealkylation sites (N-methyl/N-ethyl adjacent to an activating group) is 3. The van der Waals surface area contributed by atoms with Gasteiger partial charge in [0, 0.05) is 25.2 Å². The van der Waals surface area contributed by atoms with E-state index in [1.807, 2.05) is 0 Å². The van der Waals surface area contributed by atoms with E-state index in [0.29, 0.717) is 12.1 Å². The summed E-state index contributed by atoms with van der Waals surface area (Å²) < 4.78 is 0. The van der Waals surface area contributed by atoms with Crippen LogP contribution in [0.15, 0.2) is 0 Å². The van der Waals surface area contributed by atoms with E-state index in [-0.39, 0.29) is 0 Å². The van der Waals surface area contributed by atoms with Gasteiger partial charge in [-0.15, -0.1) is 0 Å². The second kappa shape index (κ2) is 6.38. The van der Waals surface area contributed by atoms with Crippen LogP contribution in [0, 0.1) is 0 Å². The Morgan fingerprint density at radius 2 is 1.00 bits per heavy atom. The molecule has 0 rings (SSSR count). The molecule has 0 aromatic carbocycles. The van der Waals surface area contributed by atoms with E-state index in [0.717, 1.165) is 13.1 Å². The molecule has 0 radical (unpaired) electrons. The molecule has 0 aliphatic rings. The molecule has 0 saturated heterocycles. The fraction of sp³-hybridized carbons (Fsp3) is 1.00. The number of nitrogens with zero attached hydrogens (tertiary/aromatic N) is 3. The van der Waals surface area contributed by atoms with Crippen molar-refractivity contribution in [2.24, 2.45) is 0 Å². The molecule has 3 nitrogen and oxygen atoms in total. The van der Waals surface area contributed by atoms with Gasteiger partial charge in [0.15, 0.2) is 0 Å². The molecular weight excluding hydrogens is 174 g/mol. The van der Waals surface area contributed by atoms with Crippen LogP contribution < -0.4 is 0 Å². The van der Waals surface area contributed by atoms with Crippen LogP contribution >= 0.6 is 0 Å². The zero-order valence-electron chi connectivity index (χ0n) is 10.9. The van der Waals surface area contributed by atoms with Gasteiger partial charge in [0.2, 0.25) is 0 Å². The number of hydrogen-bond acceptors (Lipinski definition) is 3. The van der Waals surface area contributed by atoms with E-state index < -0.39 is 0 Å². The summed E-state index contributed by atoms with van der Waals surface area (Å²) in [6, 6.07) is 1.24. The molecule has 14 heavy (non-hydrogen) atoms. The van der Waals surface area contributed by atoms with Crippen LogP contribution in [-0.2, 0) is 0 Å². The summed E-state index contributed by atoms with van der Waals surface area (Å²) in [4.78, 5) is 6.92. The average Bonchev–Trinajstić information content (AvgIpc) is 2.03. The molecule has 0 N–H and O–H groups in total. The molecule has 0 aliphatic carbocycles. The van der Waals surface area contributed by atoms with E-state index >= 15 is 0 Å². The molecule has 0 fully saturated rings. The second-order valence-electron chi connectivity index (χ2n) is 4.85. The third-order valence-electron chi connectivity index (χ3n) is 2.91. The summed E-state index contributed by atoms with van der Waals surface area (Å²) in [5.74, 6) is 0. The lowest BCUT2D eigenvalue weighted by atomic mass is 10.2. The third kappa shape index (κ3) is 5.58. The summed E-state index contributed by atoms with van der Waals surface area (Å²) in [5.41, 5.74) is 0.